The lowest BCUT2D eigenvalue weighted by Crippen LogP contribution is -1.99. The van der Waals surface area contributed by atoms with Crippen LogP contribution in [-0.2, 0) is 0 Å². The first kappa shape index (κ1) is 13.4. The number of nitro benzene ring substituents is 2. The van der Waals surface area contributed by atoms with Crippen molar-refractivity contribution < 1.29 is 9.85 Å². The molecule has 2 aromatic rings. The zero-order valence-electron chi connectivity index (χ0n) is 10.4. The summed E-state index contributed by atoms with van der Waals surface area (Å²) in [5, 5.41) is 22.2. The van der Waals surface area contributed by atoms with Crippen LogP contribution in [-0.4, -0.2) is 9.85 Å². The molecule has 0 unspecified atom stereocenters. The van der Waals surface area contributed by atoms with Gasteiger partial charge >= 0.3 is 0 Å². The monoisotopic (exact) mass is 270 g/mol. The predicted octanol–water partition coefficient (Wildman–Crippen LogP) is 3.81. The molecule has 0 saturated carbocycles. The average molecular weight is 270 g/mol. The number of hydrogen-bond donors (Lipinski definition) is 0. The zero-order valence-corrected chi connectivity index (χ0v) is 10.4. The number of hydrogen-bond acceptors (Lipinski definition) is 4. The van der Waals surface area contributed by atoms with Gasteiger partial charge in [0.25, 0.3) is 11.4 Å². The van der Waals surface area contributed by atoms with Crippen LogP contribution in [0.5, 0.6) is 0 Å². The van der Waals surface area contributed by atoms with Gasteiger partial charge in [-0.15, -0.1) is 0 Å². The fourth-order valence-corrected chi connectivity index (χ4v) is 2.02. The van der Waals surface area contributed by atoms with E-state index in [0.717, 1.165) is 12.1 Å². The van der Waals surface area contributed by atoms with Crippen LogP contribution in [0.15, 0.2) is 49.0 Å². The molecule has 6 nitrogen and oxygen atoms in total. The molecule has 0 atom stereocenters. The lowest BCUT2D eigenvalue weighted by molar-refractivity contribution is -0.388. The summed E-state index contributed by atoms with van der Waals surface area (Å²) in [5.74, 6) is 0. The third-order valence-corrected chi connectivity index (χ3v) is 2.86. The van der Waals surface area contributed by atoms with Crippen molar-refractivity contribution in [3.8, 4) is 11.1 Å². The van der Waals surface area contributed by atoms with Crippen LogP contribution in [0.1, 0.15) is 5.56 Å². The molecule has 100 valence electrons. The van der Waals surface area contributed by atoms with E-state index < -0.39 is 9.85 Å². The largest absolute Gasteiger partial charge is 0.278 e. The third kappa shape index (κ3) is 2.26. The average Bonchev–Trinajstić information content (AvgIpc) is 2.46. The zero-order chi connectivity index (χ0) is 14.7. The van der Waals surface area contributed by atoms with Gasteiger partial charge in [-0.2, -0.15) is 0 Å². The smallest absolute Gasteiger partial charge is 0.258 e. The SMILES string of the molecule is C=Cc1c([N+](=O)[O-])ccc([N+](=O)[O-])c1-c1ccccc1. The molecule has 0 aliphatic carbocycles. The van der Waals surface area contributed by atoms with Gasteiger partial charge in [0.2, 0.25) is 0 Å². The minimum atomic E-state index is -0.576. The molecule has 0 aromatic heterocycles. The lowest BCUT2D eigenvalue weighted by atomic mass is 9.96. The van der Waals surface area contributed by atoms with Crippen molar-refractivity contribution in [2.45, 2.75) is 0 Å². The maximum Gasteiger partial charge on any atom is 0.278 e. The molecule has 2 rings (SSSR count). The molecule has 0 N–H and O–H groups in total. The summed E-state index contributed by atoms with van der Waals surface area (Å²) in [6.07, 6.45) is 1.27. The maximum absolute atomic E-state index is 11.1. The van der Waals surface area contributed by atoms with Crippen molar-refractivity contribution in [1.29, 1.82) is 0 Å². The van der Waals surface area contributed by atoms with Crippen molar-refractivity contribution in [2.75, 3.05) is 0 Å². The van der Waals surface area contributed by atoms with Crippen LogP contribution in [0, 0.1) is 20.2 Å². The summed E-state index contributed by atoms with van der Waals surface area (Å²) < 4.78 is 0. The Hall–Kier alpha value is -3.02. The van der Waals surface area contributed by atoms with Crippen LogP contribution in [0.4, 0.5) is 11.4 Å². The minimum Gasteiger partial charge on any atom is -0.258 e. The molecule has 0 saturated heterocycles. The Morgan fingerprint density at radius 3 is 1.95 bits per heavy atom. The second-order valence-electron chi connectivity index (χ2n) is 3.98. The highest BCUT2D eigenvalue weighted by atomic mass is 16.6. The Bertz CT molecular complexity index is 696. The normalized spacial score (nSPS) is 10.0. The standard InChI is InChI=1S/C14H10N2O4/c1-2-11-12(15(17)18)8-9-13(16(19)20)14(11)10-6-4-3-5-7-10/h2-9H,1H2. The second-order valence-corrected chi connectivity index (χ2v) is 3.98. The van der Waals surface area contributed by atoms with Gasteiger partial charge in [-0.1, -0.05) is 43.0 Å². The van der Waals surface area contributed by atoms with E-state index in [1.165, 1.54) is 6.08 Å². The number of nitro groups is 2. The molecule has 0 aliphatic heterocycles. The maximum atomic E-state index is 11.1. The Labute approximate surface area is 114 Å². The predicted molar refractivity (Wildman–Crippen MR) is 75.3 cm³/mol. The molecular weight excluding hydrogens is 260 g/mol. The van der Waals surface area contributed by atoms with Gasteiger partial charge in [0, 0.05) is 12.1 Å². The molecule has 2 aromatic carbocycles. The molecule has 6 heteroatoms. The molecule has 0 spiro atoms. The summed E-state index contributed by atoms with van der Waals surface area (Å²) in [7, 11) is 0. The van der Waals surface area contributed by atoms with Crippen LogP contribution in [0.3, 0.4) is 0 Å². The summed E-state index contributed by atoms with van der Waals surface area (Å²) in [6, 6.07) is 10.8. The Morgan fingerprint density at radius 1 is 0.900 bits per heavy atom. The molecule has 0 aliphatic rings. The first-order chi connectivity index (χ1) is 9.56. The third-order valence-electron chi connectivity index (χ3n) is 2.86. The first-order valence-electron chi connectivity index (χ1n) is 5.70. The van der Waals surface area contributed by atoms with E-state index in [4.69, 9.17) is 0 Å². The van der Waals surface area contributed by atoms with Gasteiger partial charge < -0.3 is 0 Å². The van der Waals surface area contributed by atoms with Gasteiger partial charge in [0.15, 0.2) is 0 Å². The minimum absolute atomic E-state index is 0.149. The van der Waals surface area contributed by atoms with Gasteiger partial charge in [-0.05, 0) is 5.56 Å². The van der Waals surface area contributed by atoms with Gasteiger partial charge in [0.1, 0.15) is 0 Å². The number of nitrogens with zero attached hydrogens (tertiary/aromatic N) is 2. The van der Waals surface area contributed by atoms with Crippen LogP contribution in [0.2, 0.25) is 0 Å². The van der Waals surface area contributed by atoms with E-state index in [2.05, 4.69) is 6.58 Å². The quantitative estimate of drug-likeness (QED) is 0.624. The second kappa shape index (κ2) is 5.31. The van der Waals surface area contributed by atoms with Crippen LogP contribution >= 0.6 is 0 Å². The van der Waals surface area contributed by atoms with Crippen molar-refractivity contribution in [3.63, 3.8) is 0 Å². The van der Waals surface area contributed by atoms with Gasteiger partial charge in [-0.25, -0.2) is 0 Å². The van der Waals surface area contributed by atoms with E-state index in [-0.39, 0.29) is 22.5 Å². The van der Waals surface area contributed by atoms with Crippen molar-refractivity contribution in [1.82, 2.24) is 0 Å². The lowest BCUT2D eigenvalue weighted by Gasteiger charge is -2.08. The summed E-state index contributed by atoms with van der Waals surface area (Å²) in [6.45, 7) is 3.53. The molecule has 20 heavy (non-hydrogen) atoms. The number of rotatable bonds is 4. The molecule has 0 fully saturated rings. The summed E-state index contributed by atoms with van der Waals surface area (Å²) >= 11 is 0. The summed E-state index contributed by atoms with van der Waals surface area (Å²) in [5.41, 5.74) is 0.508. The molecular formula is C14H10N2O4. The first-order valence-corrected chi connectivity index (χ1v) is 5.70. The Kier molecular flexibility index (Phi) is 3.56. The topological polar surface area (TPSA) is 86.3 Å². The molecule has 0 radical (unpaired) electrons. The highest BCUT2D eigenvalue weighted by molar-refractivity contribution is 5.86. The van der Waals surface area contributed by atoms with Gasteiger partial charge in [-0.3, -0.25) is 20.2 Å². The van der Waals surface area contributed by atoms with E-state index in [1.54, 1.807) is 30.3 Å². The van der Waals surface area contributed by atoms with Crippen LogP contribution in [0.25, 0.3) is 17.2 Å². The van der Waals surface area contributed by atoms with E-state index in [9.17, 15) is 20.2 Å². The fraction of sp³-hybridized carbons (Fsp3) is 0. The van der Waals surface area contributed by atoms with E-state index in [1.807, 2.05) is 0 Å². The Morgan fingerprint density at radius 2 is 1.45 bits per heavy atom. The van der Waals surface area contributed by atoms with Gasteiger partial charge in [0.05, 0.1) is 21.0 Å². The van der Waals surface area contributed by atoms with Crippen molar-refractivity contribution in [3.05, 3.63) is 74.8 Å². The number of benzene rings is 2. The summed E-state index contributed by atoms with van der Waals surface area (Å²) in [4.78, 5) is 21.0. The van der Waals surface area contributed by atoms with Crippen molar-refractivity contribution in [2.24, 2.45) is 0 Å². The van der Waals surface area contributed by atoms with E-state index in [0.29, 0.717) is 5.56 Å². The molecule has 0 bridgehead atoms. The highest BCUT2D eigenvalue weighted by Crippen LogP contribution is 2.38. The fourth-order valence-electron chi connectivity index (χ4n) is 2.02. The van der Waals surface area contributed by atoms with E-state index >= 15 is 0 Å². The molecule has 0 amide bonds. The molecule has 0 heterocycles. The highest BCUT2D eigenvalue weighted by Gasteiger charge is 2.25. The Balaban J connectivity index is 2.86. The van der Waals surface area contributed by atoms with Crippen LogP contribution < -0.4 is 0 Å². The van der Waals surface area contributed by atoms with Crippen molar-refractivity contribution >= 4 is 17.5 Å².